The van der Waals surface area contributed by atoms with Gasteiger partial charge in [-0.25, -0.2) is 14.3 Å². The molecule has 1 aliphatic rings. The van der Waals surface area contributed by atoms with Gasteiger partial charge in [0, 0.05) is 6.20 Å². The molecule has 0 saturated carbocycles. The molecular formula is C30H30N2O4. The third kappa shape index (κ3) is 4.83. The van der Waals surface area contributed by atoms with Crippen LogP contribution in [0.4, 0.5) is 4.79 Å². The minimum atomic E-state index is -0.781. The van der Waals surface area contributed by atoms with Gasteiger partial charge in [-0.2, -0.15) is 0 Å². The van der Waals surface area contributed by atoms with E-state index in [2.05, 4.69) is 41.4 Å². The van der Waals surface area contributed by atoms with Crippen molar-refractivity contribution in [2.24, 2.45) is 0 Å². The van der Waals surface area contributed by atoms with E-state index in [0.29, 0.717) is 13.2 Å². The molecule has 5 rings (SSSR count). The zero-order valence-corrected chi connectivity index (χ0v) is 20.3. The molecule has 3 aromatic carbocycles. The highest BCUT2D eigenvalue weighted by molar-refractivity contribution is 5.70. The first-order valence-corrected chi connectivity index (χ1v) is 12.4. The zero-order chi connectivity index (χ0) is 24.8. The number of carbonyl (C=O) groups is 1. The summed E-state index contributed by atoms with van der Waals surface area (Å²) in [4.78, 5) is 16.4. The third-order valence-corrected chi connectivity index (χ3v) is 6.55. The summed E-state index contributed by atoms with van der Waals surface area (Å²) in [5.41, 5.74) is 3.13. The van der Waals surface area contributed by atoms with Crippen LogP contribution in [0.25, 0.3) is 0 Å². The van der Waals surface area contributed by atoms with E-state index >= 15 is 0 Å². The fourth-order valence-corrected chi connectivity index (χ4v) is 4.83. The largest absolute Gasteiger partial charge is 0.449 e. The average Bonchev–Trinajstić information content (AvgIpc) is 3.61. The van der Waals surface area contributed by atoms with Gasteiger partial charge in [-0.3, -0.25) is 0 Å². The number of hydrogen-bond acceptors (Lipinski definition) is 5. The number of aromatic nitrogens is 2. The number of benzene rings is 3. The second-order valence-electron chi connectivity index (χ2n) is 8.82. The summed E-state index contributed by atoms with van der Waals surface area (Å²) in [6, 6.07) is 31.0. The molecule has 0 aliphatic carbocycles. The quantitative estimate of drug-likeness (QED) is 0.283. The minimum Gasteiger partial charge on any atom is -0.449 e. The topological polar surface area (TPSA) is 62.6 Å². The highest BCUT2D eigenvalue weighted by Gasteiger charge is 2.39. The molecule has 2 heterocycles. The molecule has 0 amide bonds. The van der Waals surface area contributed by atoms with Gasteiger partial charge < -0.3 is 14.2 Å². The zero-order valence-electron chi connectivity index (χ0n) is 20.3. The van der Waals surface area contributed by atoms with Crippen LogP contribution in [0.3, 0.4) is 0 Å². The van der Waals surface area contributed by atoms with E-state index in [9.17, 15) is 4.79 Å². The number of carbonyl (C=O) groups excluding carboxylic acids is 1. The molecule has 0 unspecified atom stereocenters. The Morgan fingerprint density at radius 2 is 1.47 bits per heavy atom. The first kappa shape index (κ1) is 24.0. The SMILES string of the molecule is CCOC(=O)n1cnc([C@@H]2CC[C@H](COC(c3ccccc3)(c3ccccc3)c3ccccc3)O2)c1. The van der Waals surface area contributed by atoms with Crippen LogP contribution in [0.15, 0.2) is 104 Å². The Morgan fingerprint density at radius 1 is 0.917 bits per heavy atom. The number of nitrogens with zero attached hydrogens (tertiary/aromatic N) is 2. The molecule has 1 fully saturated rings. The lowest BCUT2D eigenvalue weighted by molar-refractivity contribution is -0.0628. The van der Waals surface area contributed by atoms with Crippen LogP contribution in [0.5, 0.6) is 0 Å². The number of imidazole rings is 1. The Morgan fingerprint density at radius 3 is 2.00 bits per heavy atom. The van der Waals surface area contributed by atoms with E-state index in [1.54, 1.807) is 13.1 Å². The van der Waals surface area contributed by atoms with E-state index in [1.165, 1.54) is 10.9 Å². The second-order valence-corrected chi connectivity index (χ2v) is 8.82. The highest BCUT2D eigenvalue weighted by Crippen LogP contribution is 2.41. The summed E-state index contributed by atoms with van der Waals surface area (Å²) in [6.45, 7) is 2.51. The monoisotopic (exact) mass is 482 g/mol. The first-order chi connectivity index (χ1) is 17.7. The average molecular weight is 483 g/mol. The van der Waals surface area contributed by atoms with Crippen LogP contribution >= 0.6 is 0 Å². The fourth-order valence-electron chi connectivity index (χ4n) is 4.83. The van der Waals surface area contributed by atoms with Crippen molar-refractivity contribution < 1.29 is 19.0 Å². The summed E-state index contributed by atoms with van der Waals surface area (Å²) in [5.74, 6) is 0. The van der Waals surface area contributed by atoms with Gasteiger partial charge in [-0.15, -0.1) is 0 Å². The highest BCUT2D eigenvalue weighted by atomic mass is 16.6. The molecule has 184 valence electrons. The van der Waals surface area contributed by atoms with Crippen molar-refractivity contribution in [1.82, 2.24) is 9.55 Å². The molecule has 0 radical (unpaired) electrons. The van der Waals surface area contributed by atoms with Gasteiger partial charge in [0.1, 0.15) is 18.0 Å². The molecule has 0 N–H and O–H groups in total. The Kier molecular flexibility index (Phi) is 7.26. The van der Waals surface area contributed by atoms with Crippen LogP contribution in [0.1, 0.15) is 48.3 Å². The molecule has 6 heteroatoms. The van der Waals surface area contributed by atoms with Crippen molar-refractivity contribution >= 4 is 6.09 Å². The molecule has 0 bridgehead atoms. The van der Waals surface area contributed by atoms with Gasteiger partial charge in [-0.1, -0.05) is 91.0 Å². The maximum absolute atomic E-state index is 12.0. The minimum absolute atomic E-state index is 0.0988. The summed E-state index contributed by atoms with van der Waals surface area (Å²) in [6.07, 6.45) is 4.09. The predicted molar refractivity (Wildman–Crippen MR) is 137 cm³/mol. The molecule has 1 aromatic heterocycles. The van der Waals surface area contributed by atoms with Crippen molar-refractivity contribution in [2.45, 2.75) is 37.6 Å². The van der Waals surface area contributed by atoms with Crippen molar-refractivity contribution in [3.63, 3.8) is 0 Å². The molecule has 0 spiro atoms. The predicted octanol–water partition coefficient (Wildman–Crippen LogP) is 6.12. The van der Waals surface area contributed by atoms with E-state index in [4.69, 9.17) is 14.2 Å². The normalized spacial score (nSPS) is 17.7. The summed E-state index contributed by atoms with van der Waals surface area (Å²) in [5, 5.41) is 0. The Balaban J connectivity index is 1.40. The fraction of sp³-hybridized carbons (Fsp3) is 0.267. The number of hydrogen-bond donors (Lipinski definition) is 0. The lowest BCUT2D eigenvalue weighted by Crippen LogP contribution is -2.35. The van der Waals surface area contributed by atoms with Gasteiger partial charge in [0.25, 0.3) is 0 Å². The van der Waals surface area contributed by atoms with Crippen LogP contribution < -0.4 is 0 Å². The lowest BCUT2D eigenvalue weighted by Gasteiger charge is -2.36. The molecular weight excluding hydrogens is 452 g/mol. The van der Waals surface area contributed by atoms with Crippen molar-refractivity contribution in [2.75, 3.05) is 13.2 Å². The van der Waals surface area contributed by atoms with Crippen LogP contribution in [0, 0.1) is 0 Å². The molecule has 1 aliphatic heterocycles. The smallest absolute Gasteiger partial charge is 0.419 e. The van der Waals surface area contributed by atoms with Crippen molar-refractivity contribution in [3.8, 4) is 0 Å². The van der Waals surface area contributed by atoms with Gasteiger partial charge >= 0.3 is 6.09 Å². The Hall–Kier alpha value is -3.74. The van der Waals surface area contributed by atoms with Crippen LogP contribution in [-0.4, -0.2) is 35.0 Å². The van der Waals surface area contributed by atoms with Gasteiger partial charge in [0.15, 0.2) is 0 Å². The second kappa shape index (κ2) is 10.9. The number of rotatable bonds is 8. The summed E-state index contributed by atoms with van der Waals surface area (Å²) < 4.78 is 19.7. The molecule has 2 atom stereocenters. The van der Waals surface area contributed by atoms with E-state index in [-0.39, 0.29) is 12.2 Å². The summed E-state index contributed by atoms with van der Waals surface area (Å²) in [7, 11) is 0. The molecule has 36 heavy (non-hydrogen) atoms. The number of ether oxygens (including phenoxy) is 3. The van der Waals surface area contributed by atoms with Gasteiger partial charge in [-0.05, 0) is 36.5 Å². The molecule has 6 nitrogen and oxygen atoms in total. The van der Waals surface area contributed by atoms with Gasteiger partial charge in [0.2, 0.25) is 0 Å². The van der Waals surface area contributed by atoms with Crippen LogP contribution in [-0.2, 0) is 19.8 Å². The Bertz CT molecular complexity index is 1160. The van der Waals surface area contributed by atoms with Crippen LogP contribution in [0.2, 0.25) is 0 Å². The van der Waals surface area contributed by atoms with Gasteiger partial charge in [0.05, 0.1) is 25.0 Å². The van der Waals surface area contributed by atoms with E-state index < -0.39 is 11.7 Å². The van der Waals surface area contributed by atoms with Crippen molar-refractivity contribution in [1.29, 1.82) is 0 Å². The third-order valence-electron chi connectivity index (χ3n) is 6.55. The van der Waals surface area contributed by atoms with E-state index in [1.807, 2.05) is 54.6 Å². The Labute approximate surface area is 211 Å². The molecule has 4 aromatic rings. The lowest BCUT2D eigenvalue weighted by atomic mass is 9.80. The maximum atomic E-state index is 12.0. The standard InChI is InChI=1S/C30H30N2O4/c1-2-34-29(33)32-20-27(31-22-32)28-19-18-26(36-28)21-35-30(23-12-6-3-7-13-23,24-14-8-4-9-15-24)25-16-10-5-11-17-25/h3-17,20,22,26,28H,2,18-19,21H2,1H3/t26-,28+/m1/s1. The van der Waals surface area contributed by atoms with E-state index in [0.717, 1.165) is 35.2 Å². The summed E-state index contributed by atoms with van der Waals surface area (Å²) >= 11 is 0. The molecule has 1 saturated heterocycles. The van der Waals surface area contributed by atoms with Crippen molar-refractivity contribution in [3.05, 3.63) is 126 Å². The first-order valence-electron chi connectivity index (χ1n) is 12.4. The maximum Gasteiger partial charge on any atom is 0.419 e.